The highest BCUT2D eigenvalue weighted by Crippen LogP contribution is 2.19. The summed E-state index contributed by atoms with van der Waals surface area (Å²) in [6.45, 7) is 0. The lowest BCUT2D eigenvalue weighted by Crippen LogP contribution is -2.04. The Hall–Kier alpha value is -1.12. The van der Waals surface area contributed by atoms with Gasteiger partial charge in [0.25, 0.3) is 0 Å². The lowest BCUT2D eigenvalue weighted by atomic mass is 10.1. The summed E-state index contributed by atoms with van der Waals surface area (Å²) in [4.78, 5) is 21.4. The Kier molecular flexibility index (Phi) is 3.02. The van der Waals surface area contributed by atoms with E-state index in [4.69, 9.17) is 5.11 Å². The van der Waals surface area contributed by atoms with E-state index in [-0.39, 0.29) is 18.6 Å². The fourth-order valence-corrected chi connectivity index (χ4v) is 1.31. The summed E-state index contributed by atoms with van der Waals surface area (Å²) in [5.41, 5.74) is 0.830. The first kappa shape index (κ1) is 8.97. The van der Waals surface area contributed by atoms with Crippen LogP contribution in [0.25, 0.3) is 0 Å². The molecule has 0 bridgehead atoms. The molecule has 1 N–H and O–H groups in total. The minimum atomic E-state index is -0.901. The van der Waals surface area contributed by atoms with Gasteiger partial charge in [-0.25, -0.2) is 0 Å². The summed E-state index contributed by atoms with van der Waals surface area (Å²) in [6, 6.07) is 0. The maximum Gasteiger partial charge on any atom is 0.303 e. The third-order valence-electron chi connectivity index (χ3n) is 1.97. The fraction of sp³-hybridized carbons (Fsp3) is 0.556. The zero-order chi connectivity index (χ0) is 8.97. The van der Waals surface area contributed by atoms with Crippen molar-refractivity contribution in [2.45, 2.75) is 32.1 Å². The highest BCUT2D eigenvalue weighted by molar-refractivity contribution is 5.97. The minimum absolute atomic E-state index is 0.00917. The lowest BCUT2D eigenvalue weighted by Gasteiger charge is -1.97. The Morgan fingerprint density at radius 3 is 2.67 bits per heavy atom. The molecule has 66 valence electrons. The average Bonchev–Trinajstić information content (AvgIpc) is 2.51. The first-order valence-corrected chi connectivity index (χ1v) is 4.14. The minimum Gasteiger partial charge on any atom is -0.481 e. The van der Waals surface area contributed by atoms with Crippen LogP contribution in [0.5, 0.6) is 0 Å². The van der Waals surface area contributed by atoms with Gasteiger partial charge in [0, 0.05) is 6.42 Å². The molecule has 0 unspecified atom stereocenters. The van der Waals surface area contributed by atoms with E-state index < -0.39 is 5.97 Å². The summed E-state index contributed by atoms with van der Waals surface area (Å²) < 4.78 is 0. The van der Waals surface area contributed by atoms with Crippen molar-refractivity contribution >= 4 is 11.8 Å². The van der Waals surface area contributed by atoms with Crippen molar-refractivity contribution in [1.29, 1.82) is 0 Å². The Morgan fingerprint density at radius 1 is 1.42 bits per heavy atom. The van der Waals surface area contributed by atoms with Gasteiger partial charge in [0.2, 0.25) is 0 Å². The molecule has 1 aliphatic rings. The zero-order valence-electron chi connectivity index (χ0n) is 6.88. The second-order valence-electron chi connectivity index (χ2n) is 2.94. The second-order valence-corrected chi connectivity index (χ2v) is 2.94. The van der Waals surface area contributed by atoms with Crippen LogP contribution in [0.15, 0.2) is 11.6 Å². The summed E-state index contributed by atoms with van der Waals surface area (Å²) in [5, 5.41) is 8.33. The van der Waals surface area contributed by atoms with Crippen molar-refractivity contribution in [3.63, 3.8) is 0 Å². The number of carbonyl (C=O) groups is 2. The molecule has 0 aromatic heterocycles. The van der Waals surface area contributed by atoms with Gasteiger partial charge in [0.1, 0.15) is 0 Å². The summed E-state index contributed by atoms with van der Waals surface area (Å²) in [5.74, 6) is -0.892. The number of Topliss-reactive ketones (excluding diaryl/α,β-unsaturated/α-hetero) is 1. The zero-order valence-corrected chi connectivity index (χ0v) is 6.88. The molecule has 0 fully saturated rings. The summed E-state index contributed by atoms with van der Waals surface area (Å²) >= 11 is 0. The van der Waals surface area contributed by atoms with Crippen LogP contribution in [0.1, 0.15) is 32.1 Å². The van der Waals surface area contributed by atoms with Crippen LogP contribution in [0.3, 0.4) is 0 Å². The SMILES string of the molecule is O=C(O)CCC(=O)C1=CCCC1. The number of carboxylic acids is 1. The number of allylic oxidation sites excluding steroid dienone is 2. The van der Waals surface area contributed by atoms with E-state index in [1.54, 1.807) is 0 Å². The van der Waals surface area contributed by atoms with E-state index in [0.717, 1.165) is 24.8 Å². The van der Waals surface area contributed by atoms with Crippen LogP contribution in [-0.4, -0.2) is 16.9 Å². The van der Waals surface area contributed by atoms with E-state index >= 15 is 0 Å². The van der Waals surface area contributed by atoms with Crippen molar-refractivity contribution in [3.8, 4) is 0 Å². The Balaban J connectivity index is 2.33. The second kappa shape index (κ2) is 4.04. The van der Waals surface area contributed by atoms with Crippen molar-refractivity contribution in [2.24, 2.45) is 0 Å². The van der Waals surface area contributed by atoms with E-state index in [1.165, 1.54) is 0 Å². The molecule has 0 atom stereocenters. The quantitative estimate of drug-likeness (QED) is 0.692. The third-order valence-corrected chi connectivity index (χ3v) is 1.97. The van der Waals surface area contributed by atoms with Gasteiger partial charge in [0.15, 0.2) is 5.78 Å². The average molecular weight is 168 g/mol. The topological polar surface area (TPSA) is 54.4 Å². The Morgan fingerprint density at radius 2 is 2.17 bits per heavy atom. The van der Waals surface area contributed by atoms with Crippen LogP contribution in [0.4, 0.5) is 0 Å². The molecule has 1 rings (SSSR count). The van der Waals surface area contributed by atoms with E-state index in [9.17, 15) is 9.59 Å². The number of ketones is 1. The van der Waals surface area contributed by atoms with Crippen molar-refractivity contribution in [2.75, 3.05) is 0 Å². The fourth-order valence-electron chi connectivity index (χ4n) is 1.31. The molecule has 0 aromatic carbocycles. The van der Waals surface area contributed by atoms with Gasteiger partial charge < -0.3 is 5.11 Å². The normalized spacial score (nSPS) is 15.8. The predicted octanol–water partition coefficient (Wildman–Crippen LogP) is 1.53. The molecule has 3 heteroatoms. The predicted molar refractivity (Wildman–Crippen MR) is 43.8 cm³/mol. The molecule has 0 saturated heterocycles. The third kappa shape index (κ3) is 2.49. The summed E-state index contributed by atoms with van der Waals surface area (Å²) in [7, 11) is 0. The number of aliphatic carboxylic acids is 1. The van der Waals surface area contributed by atoms with E-state index in [1.807, 2.05) is 6.08 Å². The molecule has 0 radical (unpaired) electrons. The van der Waals surface area contributed by atoms with Gasteiger partial charge in [0.05, 0.1) is 6.42 Å². The van der Waals surface area contributed by atoms with Gasteiger partial charge >= 0.3 is 5.97 Å². The van der Waals surface area contributed by atoms with E-state index in [0.29, 0.717) is 0 Å². The molecule has 0 spiro atoms. The standard InChI is InChI=1S/C9H12O3/c10-8(5-6-9(11)12)7-3-1-2-4-7/h3H,1-2,4-6H2,(H,11,12). The van der Waals surface area contributed by atoms with Crippen LogP contribution in [0, 0.1) is 0 Å². The number of rotatable bonds is 4. The maximum absolute atomic E-state index is 11.2. The number of carbonyl (C=O) groups excluding carboxylic acids is 1. The van der Waals surface area contributed by atoms with Gasteiger partial charge in [-0.2, -0.15) is 0 Å². The van der Waals surface area contributed by atoms with Crippen LogP contribution < -0.4 is 0 Å². The van der Waals surface area contributed by atoms with Crippen LogP contribution >= 0.6 is 0 Å². The molecule has 1 aliphatic carbocycles. The highest BCUT2D eigenvalue weighted by Gasteiger charge is 2.13. The maximum atomic E-state index is 11.2. The first-order valence-electron chi connectivity index (χ1n) is 4.14. The van der Waals surface area contributed by atoms with Gasteiger partial charge in [-0.3, -0.25) is 9.59 Å². The molecular formula is C9H12O3. The highest BCUT2D eigenvalue weighted by atomic mass is 16.4. The number of hydrogen-bond acceptors (Lipinski definition) is 2. The molecule has 0 aliphatic heterocycles. The molecule has 0 saturated carbocycles. The molecule has 0 aromatic rings. The number of hydrogen-bond donors (Lipinski definition) is 1. The van der Waals surface area contributed by atoms with Crippen molar-refractivity contribution in [1.82, 2.24) is 0 Å². The van der Waals surface area contributed by atoms with Crippen molar-refractivity contribution < 1.29 is 14.7 Å². The Bertz CT molecular complexity index is 228. The number of carboxylic acid groups (broad SMARTS) is 1. The molecular weight excluding hydrogens is 156 g/mol. The molecule has 12 heavy (non-hydrogen) atoms. The smallest absolute Gasteiger partial charge is 0.303 e. The van der Waals surface area contributed by atoms with Gasteiger partial charge in [-0.1, -0.05) is 6.08 Å². The molecule has 0 heterocycles. The first-order chi connectivity index (χ1) is 5.70. The van der Waals surface area contributed by atoms with Gasteiger partial charge in [-0.15, -0.1) is 0 Å². The van der Waals surface area contributed by atoms with Crippen LogP contribution in [0.2, 0.25) is 0 Å². The van der Waals surface area contributed by atoms with Gasteiger partial charge in [-0.05, 0) is 24.8 Å². The molecule has 0 amide bonds. The largest absolute Gasteiger partial charge is 0.481 e. The van der Waals surface area contributed by atoms with E-state index in [2.05, 4.69) is 0 Å². The lowest BCUT2D eigenvalue weighted by molar-refractivity contribution is -0.138. The molecule has 3 nitrogen and oxygen atoms in total. The summed E-state index contributed by atoms with van der Waals surface area (Å²) in [6.07, 6.45) is 4.86. The monoisotopic (exact) mass is 168 g/mol. The Labute approximate surface area is 71.1 Å². The van der Waals surface area contributed by atoms with Crippen LogP contribution in [-0.2, 0) is 9.59 Å². The van der Waals surface area contributed by atoms with Crippen molar-refractivity contribution in [3.05, 3.63) is 11.6 Å².